The van der Waals surface area contributed by atoms with Gasteiger partial charge in [0.05, 0.1) is 6.54 Å². The lowest BCUT2D eigenvalue weighted by molar-refractivity contribution is 0.745. The van der Waals surface area contributed by atoms with Crippen molar-refractivity contribution in [2.45, 2.75) is 46.1 Å². The van der Waals surface area contributed by atoms with Gasteiger partial charge in [-0.25, -0.2) is 0 Å². The summed E-state index contributed by atoms with van der Waals surface area (Å²) >= 11 is 0. The van der Waals surface area contributed by atoms with Gasteiger partial charge in [-0.2, -0.15) is 0 Å². The molecule has 0 saturated carbocycles. The first-order chi connectivity index (χ1) is 7.33. The number of aliphatic imine (C=N–C) groups is 1. The Bertz CT molecular complexity index is 285. The zero-order chi connectivity index (χ0) is 10.9. The van der Waals surface area contributed by atoms with Crippen molar-refractivity contribution in [1.82, 2.24) is 0 Å². The fourth-order valence-electron chi connectivity index (χ4n) is 1.44. The third-order valence-electron chi connectivity index (χ3n) is 2.46. The van der Waals surface area contributed by atoms with Gasteiger partial charge in [0.15, 0.2) is 0 Å². The first-order valence-electron chi connectivity index (χ1n) is 5.86. The normalized spacial score (nSPS) is 11.1. The van der Waals surface area contributed by atoms with Crippen LogP contribution in [-0.4, -0.2) is 6.21 Å². The molecule has 0 aliphatic rings. The van der Waals surface area contributed by atoms with Crippen LogP contribution in [0.25, 0.3) is 0 Å². The summed E-state index contributed by atoms with van der Waals surface area (Å²) in [6.07, 6.45) is 7.06. The van der Waals surface area contributed by atoms with Crippen molar-refractivity contribution in [2.24, 2.45) is 4.99 Å². The lowest BCUT2D eigenvalue weighted by Crippen LogP contribution is -1.83. The van der Waals surface area contributed by atoms with Crippen LogP contribution >= 0.6 is 0 Å². The first kappa shape index (κ1) is 12.0. The minimum absolute atomic E-state index is 0.826. The molecule has 0 aromatic heterocycles. The van der Waals surface area contributed by atoms with Crippen molar-refractivity contribution in [3.8, 4) is 0 Å². The molecule has 1 nitrogen and oxygen atoms in total. The third-order valence-corrected chi connectivity index (χ3v) is 2.46. The van der Waals surface area contributed by atoms with E-state index in [2.05, 4.69) is 49.3 Å². The van der Waals surface area contributed by atoms with Gasteiger partial charge in [-0.05, 0) is 31.5 Å². The van der Waals surface area contributed by atoms with Crippen LogP contribution in [0.5, 0.6) is 0 Å². The summed E-state index contributed by atoms with van der Waals surface area (Å²) in [6.45, 7) is 5.16. The van der Waals surface area contributed by atoms with E-state index in [0.717, 1.165) is 13.0 Å². The zero-order valence-corrected chi connectivity index (χ0v) is 9.87. The van der Waals surface area contributed by atoms with E-state index in [-0.39, 0.29) is 0 Å². The van der Waals surface area contributed by atoms with Crippen molar-refractivity contribution >= 4 is 6.21 Å². The molecule has 0 aliphatic heterocycles. The van der Waals surface area contributed by atoms with E-state index in [0.29, 0.717) is 0 Å². The highest BCUT2D eigenvalue weighted by molar-refractivity contribution is 5.57. The molecule has 0 unspecified atom stereocenters. The minimum Gasteiger partial charge on any atom is -0.293 e. The average molecular weight is 203 g/mol. The lowest BCUT2D eigenvalue weighted by Gasteiger charge is -1.97. The van der Waals surface area contributed by atoms with Crippen LogP contribution in [-0.2, 0) is 6.54 Å². The molecular formula is C14H21N. The predicted molar refractivity (Wildman–Crippen MR) is 67.5 cm³/mol. The molecule has 1 rings (SSSR count). The van der Waals surface area contributed by atoms with Gasteiger partial charge in [-0.15, -0.1) is 0 Å². The molecule has 0 spiro atoms. The highest BCUT2D eigenvalue weighted by Gasteiger charge is 1.89. The van der Waals surface area contributed by atoms with Gasteiger partial charge in [-0.1, -0.05) is 49.6 Å². The maximum Gasteiger partial charge on any atom is 0.0635 e. The molecule has 0 atom stereocenters. The van der Waals surface area contributed by atoms with E-state index in [1.807, 2.05) is 0 Å². The van der Waals surface area contributed by atoms with Crippen LogP contribution < -0.4 is 0 Å². The second-order valence-electron chi connectivity index (χ2n) is 4.00. The van der Waals surface area contributed by atoms with E-state index >= 15 is 0 Å². The van der Waals surface area contributed by atoms with Crippen molar-refractivity contribution < 1.29 is 0 Å². The Balaban J connectivity index is 2.22. The Kier molecular flexibility index (Phi) is 5.76. The number of benzene rings is 1. The van der Waals surface area contributed by atoms with Crippen LogP contribution in [0.1, 0.15) is 43.7 Å². The fourth-order valence-corrected chi connectivity index (χ4v) is 1.44. The number of hydrogen-bond donors (Lipinski definition) is 0. The third kappa shape index (κ3) is 5.36. The SMILES string of the molecule is CCCCC/C=N/Cc1ccc(C)cc1. The molecular weight excluding hydrogens is 182 g/mol. The summed E-state index contributed by atoms with van der Waals surface area (Å²) in [7, 11) is 0. The number of hydrogen-bond acceptors (Lipinski definition) is 1. The average Bonchev–Trinajstić information content (AvgIpc) is 2.26. The summed E-state index contributed by atoms with van der Waals surface area (Å²) < 4.78 is 0. The van der Waals surface area contributed by atoms with E-state index in [1.54, 1.807) is 0 Å². The number of rotatable bonds is 6. The first-order valence-corrected chi connectivity index (χ1v) is 5.86. The maximum absolute atomic E-state index is 4.42. The topological polar surface area (TPSA) is 12.4 Å². The molecule has 0 fully saturated rings. The van der Waals surface area contributed by atoms with Crippen molar-refractivity contribution in [2.75, 3.05) is 0 Å². The van der Waals surface area contributed by atoms with Crippen molar-refractivity contribution in [3.05, 3.63) is 35.4 Å². The van der Waals surface area contributed by atoms with E-state index < -0.39 is 0 Å². The van der Waals surface area contributed by atoms with Gasteiger partial charge in [-0.3, -0.25) is 4.99 Å². The molecule has 1 aromatic carbocycles. The van der Waals surface area contributed by atoms with Gasteiger partial charge in [0.2, 0.25) is 0 Å². The maximum atomic E-state index is 4.42. The van der Waals surface area contributed by atoms with Crippen LogP contribution in [0, 0.1) is 6.92 Å². The largest absolute Gasteiger partial charge is 0.293 e. The van der Waals surface area contributed by atoms with Gasteiger partial charge >= 0.3 is 0 Å². The molecule has 1 aromatic rings. The van der Waals surface area contributed by atoms with Gasteiger partial charge in [0, 0.05) is 0 Å². The smallest absolute Gasteiger partial charge is 0.0635 e. The minimum atomic E-state index is 0.826. The van der Waals surface area contributed by atoms with Crippen LogP contribution in [0.15, 0.2) is 29.3 Å². The number of unbranched alkanes of at least 4 members (excludes halogenated alkanes) is 3. The Morgan fingerprint density at radius 3 is 2.53 bits per heavy atom. The molecule has 0 aliphatic carbocycles. The standard InChI is InChI=1S/C14H21N/c1-3-4-5-6-11-15-12-14-9-7-13(2)8-10-14/h7-11H,3-6,12H2,1-2H3/b15-11+. The molecule has 0 radical (unpaired) electrons. The molecule has 0 heterocycles. The lowest BCUT2D eigenvalue weighted by atomic mass is 10.1. The molecule has 0 bridgehead atoms. The van der Waals surface area contributed by atoms with E-state index in [4.69, 9.17) is 0 Å². The van der Waals surface area contributed by atoms with Crippen molar-refractivity contribution in [1.29, 1.82) is 0 Å². The number of aryl methyl sites for hydroxylation is 1. The van der Waals surface area contributed by atoms with Crippen LogP contribution in [0.3, 0.4) is 0 Å². The molecule has 15 heavy (non-hydrogen) atoms. The van der Waals surface area contributed by atoms with E-state index in [1.165, 1.54) is 30.4 Å². The molecule has 82 valence electrons. The number of nitrogens with zero attached hydrogens (tertiary/aromatic N) is 1. The molecule has 0 amide bonds. The monoisotopic (exact) mass is 203 g/mol. The van der Waals surface area contributed by atoms with Crippen LogP contribution in [0.2, 0.25) is 0 Å². The Labute approximate surface area is 93.2 Å². The Hall–Kier alpha value is -1.11. The highest BCUT2D eigenvalue weighted by Crippen LogP contribution is 2.04. The summed E-state index contributed by atoms with van der Waals surface area (Å²) in [6, 6.07) is 8.58. The van der Waals surface area contributed by atoms with Crippen LogP contribution in [0.4, 0.5) is 0 Å². The highest BCUT2D eigenvalue weighted by atomic mass is 14.7. The van der Waals surface area contributed by atoms with E-state index in [9.17, 15) is 0 Å². The summed E-state index contributed by atoms with van der Waals surface area (Å²) in [5.74, 6) is 0. The molecule has 1 heteroatoms. The van der Waals surface area contributed by atoms with Gasteiger partial charge < -0.3 is 0 Å². The zero-order valence-electron chi connectivity index (χ0n) is 9.87. The van der Waals surface area contributed by atoms with Gasteiger partial charge in [0.1, 0.15) is 0 Å². The second-order valence-corrected chi connectivity index (χ2v) is 4.00. The molecule has 0 N–H and O–H groups in total. The fraction of sp³-hybridized carbons (Fsp3) is 0.500. The molecule has 0 saturated heterocycles. The quantitative estimate of drug-likeness (QED) is 0.486. The summed E-state index contributed by atoms with van der Waals surface area (Å²) in [5, 5.41) is 0. The predicted octanol–water partition coefficient (Wildman–Crippen LogP) is 4.15. The Morgan fingerprint density at radius 1 is 1.13 bits per heavy atom. The summed E-state index contributed by atoms with van der Waals surface area (Å²) in [5.41, 5.74) is 2.61. The second kappa shape index (κ2) is 7.22. The van der Waals surface area contributed by atoms with Crippen molar-refractivity contribution in [3.63, 3.8) is 0 Å². The van der Waals surface area contributed by atoms with Gasteiger partial charge in [0.25, 0.3) is 0 Å². The Morgan fingerprint density at radius 2 is 1.87 bits per heavy atom. The summed E-state index contributed by atoms with van der Waals surface area (Å²) in [4.78, 5) is 4.42.